The molecule has 1 aliphatic carbocycles. The van der Waals surface area contributed by atoms with Crippen LogP contribution in [0, 0.1) is 11.3 Å². The smallest absolute Gasteiger partial charge is 0.176 e. The molecule has 26 heavy (non-hydrogen) atoms. The molecule has 0 N–H and O–H groups in total. The molecular weight excluding hydrogens is 344 g/mol. The van der Waals surface area contributed by atoms with E-state index in [9.17, 15) is 9.00 Å². The Bertz CT molecular complexity index is 744. The topological polar surface area (TPSA) is 52.0 Å². The average Bonchev–Trinajstić information content (AvgIpc) is 3.15. The van der Waals surface area contributed by atoms with Gasteiger partial charge < -0.3 is 0 Å². The fourth-order valence-corrected chi connectivity index (χ4v) is 5.65. The second-order valence-corrected chi connectivity index (χ2v) is 11.5. The number of Topliss-reactive ketones (excluding diaryl/α,β-unsaturated/α-hetero) is 1. The minimum atomic E-state index is -2.41. The number of ketones is 1. The molecular formula is C21H34N2O2S. The second kappa shape index (κ2) is 8.55. The zero-order valence-electron chi connectivity index (χ0n) is 17.0. The highest BCUT2D eigenvalue weighted by Gasteiger charge is 2.32. The number of nitrogens with zero attached hydrogens (tertiary/aromatic N) is 2. The van der Waals surface area contributed by atoms with E-state index in [0.29, 0.717) is 22.1 Å². The summed E-state index contributed by atoms with van der Waals surface area (Å²) in [6.07, 6.45) is 10.8. The molecule has 0 aliphatic heterocycles. The molecule has 1 aliphatic rings. The van der Waals surface area contributed by atoms with Gasteiger partial charge in [0.1, 0.15) is 0 Å². The molecule has 0 saturated heterocycles. The molecule has 0 unspecified atom stereocenters. The Balaban J connectivity index is 2.71. The van der Waals surface area contributed by atoms with E-state index in [1.807, 2.05) is 26.1 Å². The van der Waals surface area contributed by atoms with Crippen molar-refractivity contribution < 1.29 is 9.00 Å². The molecule has 0 radical (unpaired) electrons. The van der Waals surface area contributed by atoms with Gasteiger partial charge in [0.15, 0.2) is 5.78 Å². The van der Waals surface area contributed by atoms with E-state index in [4.69, 9.17) is 0 Å². The minimum absolute atomic E-state index is 0.00314. The number of carbonyl (C=O) groups excluding carboxylic acids is 1. The van der Waals surface area contributed by atoms with Crippen LogP contribution < -0.4 is 0 Å². The molecule has 1 aromatic heterocycles. The van der Waals surface area contributed by atoms with Gasteiger partial charge in [0.2, 0.25) is 0 Å². The van der Waals surface area contributed by atoms with Crippen LogP contribution in [-0.4, -0.2) is 36.1 Å². The third kappa shape index (κ3) is 4.87. The van der Waals surface area contributed by atoms with Gasteiger partial charge in [-0.25, -0.2) is 4.68 Å². The predicted octanol–water partition coefficient (Wildman–Crippen LogP) is 4.42. The number of rotatable bonds is 6. The van der Waals surface area contributed by atoms with Gasteiger partial charge in [0.05, 0.1) is 10.6 Å². The van der Waals surface area contributed by atoms with E-state index in [2.05, 4.69) is 31.9 Å². The van der Waals surface area contributed by atoms with Crippen molar-refractivity contribution in [3.05, 3.63) is 24.5 Å². The monoisotopic (exact) mass is 378 g/mol. The van der Waals surface area contributed by atoms with E-state index < -0.39 is 9.52 Å². The van der Waals surface area contributed by atoms with Crippen molar-refractivity contribution in [1.29, 1.82) is 0 Å². The number of allylic oxidation sites excluding steroid dienone is 2. The van der Waals surface area contributed by atoms with Gasteiger partial charge in [0.25, 0.3) is 0 Å². The van der Waals surface area contributed by atoms with Gasteiger partial charge in [-0.05, 0) is 33.8 Å². The molecule has 0 amide bonds. The van der Waals surface area contributed by atoms with E-state index in [0.717, 1.165) is 25.7 Å². The molecule has 5 heteroatoms. The van der Waals surface area contributed by atoms with Crippen LogP contribution in [0.3, 0.4) is 0 Å². The highest BCUT2D eigenvalue weighted by Crippen LogP contribution is 2.29. The maximum Gasteiger partial charge on any atom is 0.176 e. The first-order valence-corrected chi connectivity index (χ1v) is 11.8. The molecule has 146 valence electrons. The SMILES string of the molecule is CCS(=O)(CC)=C(C(=O)C1CCCCC1)/C(=C\C(C)(C)C)n1cccn1. The lowest BCUT2D eigenvalue weighted by Crippen LogP contribution is -2.35. The standard InChI is InChI=1S/C21H34N2O2S/c1-6-26(25,7-2)20(19(24)17-12-9-8-10-13-17)18(16-21(3,4)5)23-15-11-14-22-23/h11,14-17H,6-10,12-13H2,1-5H3/b18-16+. The largest absolute Gasteiger partial charge is 0.293 e. The van der Waals surface area contributed by atoms with Gasteiger partial charge in [-0.3, -0.25) is 9.00 Å². The third-order valence-corrected chi connectivity index (χ3v) is 8.08. The summed E-state index contributed by atoms with van der Waals surface area (Å²) in [7, 11) is -2.41. The average molecular weight is 379 g/mol. The zero-order valence-corrected chi connectivity index (χ0v) is 17.8. The lowest BCUT2D eigenvalue weighted by molar-refractivity contribution is -0.117. The Labute approximate surface area is 159 Å². The fourth-order valence-electron chi connectivity index (χ4n) is 3.60. The van der Waals surface area contributed by atoms with E-state index >= 15 is 0 Å². The maximum absolute atomic E-state index is 13.8. The van der Waals surface area contributed by atoms with E-state index in [1.54, 1.807) is 10.9 Å². The molecule has 1 saturated carbocycles. The van der Waals surface area contributed by atoms with Crippen LogP contribution in [0.1, 0.15) is 66.7 Å². The predicted molar refractivity (Wildman–Crippen MR) is 112 cm³/mol. The molecule has 1 heterocycles. The summed E-state index contributed by atoms with van der Waals surface area (Å²) in [4.78, 5) is 14.1. The molecule has 1 aromatic rings. The van der Waals surface area contributed by atoms with Gasteiger partial charge >= 0.3 is 0 Å². The van der Waals surface area contributed by atoms with Gasteiger partial charge in [-0.15, -0.1) is 0 Å². The normalized spacial score (nSPS) is 17.3. The van der Waals surface area contributed by atoms with Crippen LogP contribution in [0.4, 0.5) is 0 Å². The molecule has 0 atom stereocenters. The Hall–Kier alpha value is -1.36. The van der Waals surface area contributed by atoms with Crippen LogP contribution in [-0.2, 0) is 14.3 Å². The first kappa shape index (κ1) is 20.9. The number of hydrogen-bond acceptors (Lipinski definition) is 3. The third-order valence-electron chi connectivity index (χ3n) is 5.06. The lowest BCUT2D eigenvalue weighted by atomic mass is 9.84. The number of carbonyl (C=O) groups is 1. The molecule has 1 fully saturated rings. The van der Waals surface area contributed by atoms with Crippen LogP contribution >= 0.6 is 0 Å². The Kier molecular flexibility index (Phi) is 6.89. The first-order valence-electron chi connectivity index (χ1n) is 9.86. The Morgan fingerprint density at radius 1 is 1.19 bits per heavy atom. The van der Waals surface area contributed by atoms with Crippen molar-refractivity contribution in [3.8, 4) is 0 Å². The Morgan fingerprint density at radius 2 is 1.81 bits per heavy atom. The number of aromatic nitrogens is 2. The zero-order chi connectivity index (χ0) is 19.4. The van der Waals surface area contributed by atoms with Crippen molar-refractivity contribution in [3.63, 3.8) is 0 Å². The summed E-state index contributed by atoms with van der Waals surface area (Å²) in [6, 6.07) is 1.85. The fraction of sp³-hybridized carbons (Fsp3) is 0.667. The quantitative estimate of drug-likeness (QED) is 0.544. The van der Waals surface area contributed by atoms with Crippen LogP contribution in [0.2, 0.25) is 0 Å². The summed E-state index contributed by atoms with van der Waals surface area (Å²) in [5.41, 5.74) is 0.563. The van der Waals surface area contributed by atoms with Crippen molar-refractivity contribution in [2.24, 2.45) is 11.3 Å². The summed E-state index contributed by atoms with van der Waals surface area (Å²) in [5, 5.41) is 4.38. The first-order chi connectivity index (χ1) is 12.2. The second-order valence-electron chi connectivity index (χ2n) is 8.26. The maximum atomic E-state index is 13.8. The van der Waals surface area contributed by atoms with E-state index in [1.165, 1.54) is 6.42 Å². The van der Waals surface area contributed by atoms with Gasteiger partial charge in [0, 0.05) is 29.8 Å². The van der Waals surface area contributed by atoms with Crippen molar-refractivity contribution in [2.45, 2.75) is 66.7 Å². The summed E-state index contributed by atoms with van der Waals surface area (Å²) < 4.78 is 15.5. The number of hydrogen-bond donors (Lipinski definition) is 0. The molecule has 0 bridgehead atoms. The summed E-state index contributed by atoms with van der Waals surface area (Å²) >= 11 is 0. The van der Waals surface area contributed by atoms with Crippen molar-refractivity contribution >= 4 is 25.9 Å². The summed E-state index contributed by atoms with van der Waals surface area (Å²) in [6.45, 7) is 10.1. The molecule has 2 rings (SSSR count). The van der Waals surface area contributed by atoms with Gasteiger partial charge in [-0.2, -0.15) is 5.10 Å². The van der Waals surface area contributed by atoms with Crippen molar-refractivity contribution in [2.75, 3.05) is 11.5 Å². The van der Waals surface area contributed by atoms with Crippen LogP contribution in [0.15, 0.2) is 24.5 Å². The van der Waals surface area contributed by atoms with Crippen LogP contribution in [0.5, 0.6) is 0 Å². The highest BCUT2D eigenvalue weighted by molar-refractivity contribution is 8.04. The molecule has 4 nitrogen and oxygen atoms in total. The molecule has 0 aromatic carbocycles. The minimum Gasteiger partial charge on any atom is -0.293 e. The Morgan fingerprint density at radius 3 is 2.27 bits per heavy atom. The van der Waals surface area contributed by atoms with Crippen LogP contribution in [0.25, 0.3) is 5.70 Å². The van der Waals surface area contributed by atoms with Crippen molar-refractivity contribution in [1.82, 2.24) is 9.78 Å². The highest BCUT2D eigenvalue weighted by atomic mass is 32.2. The summed E-state index contributed by atoms with van der Waals surface area (Å²) in [5.74, 6) is 1.06. The van der Waals surface area contributed by atoms with E-state index in [-0.39, 0.29) is 17.1 Å². The lowest BCUT2D eigenvalue weighted by Gasteiger charge is -2.26. The molecule has 0 spiro atoms. The van der Waals surface area contributed by atoms with Gasteiger partial charge in [-0.1, -0.05) is 60.0 Å².